The minimum atomic E-state index is -1.65. The summed E-state index contributed by atoms with van der Waals surface area (Å²) in [7, 11) is 3.14. The molecule has 1 aromatic heterocycles. The topological polar surface area (TPSA) is 145 Å². The van der Waals surface area contributed by atoms with Crippen LogP contribution in [-0.2, 0) is 16.1 Å². The third-order valence-corrected chi connectivity index (χ3v) is 6.60. The van der Waals surface area contributed by atoms with E-state index in [4.69, 9.17) is 4.74 Å². The monoisotopic (exact) mass is 551 g/mol. The van der Waals surface area contributed by atoms with Crippen LogP contribution in [0.4, 0.5) is 10.5 Å². The molecule has 41 heavy (non-hydrogen) atoms. The summed E-state index contributed by atoms with van der Waals surface area (Å²) in [5.41, 5.74) is 3.96. The number of rotatable bonds is 7. The van der Waals surface area contributed by atoms with E-state index in [1.807, 2.05) is 0 Å². The summed E-state index contributed by atoms with van der Waals surface area (Å²) < 4.78 is 5.22. The van der Waals surface area contributed by atoms with Crippen molar-refractivity contribution in [3.05, 3.63) is 89.2 Å². The zero-order valence-corrected chi connectivity index (χ0v) is 22.2. The number of nitrogens with zero attached hydrogens (tertiary/aromatic N) is 4. The maximum Gasteiger partial charge on any atom is 0.323 e. The number of hydrogen-bond donors (Lipinski definition) is 3. The molecule has 3 aromatic rings. The van der Waals surface area contributed by atoms with E-state index in [2.05, 4.69) is 38.0 Å². The molecule has 3 heterocycles. The Kier molecular flexibility index (Phi) is 7.34. The van der Waals surface area contributed by atoms with Gasteiger partial charge in [0.05, 0.1) is 19.3 Å². The summed E-state index contributed by atoms with van der Waals surface area (Å²) in [6.45, 7) is 0.105. The third-order valence-electron chi connectivity index (χ3n) is 6.60. The number of amidine groups is 1. The van der Waals surface area contributed by atoms with E-state index >= 15 is 0 Å². The Labute approximate surface area is 235 Å². The van der Waals surface area contributed by atoms with Gasteiger partial charge in [-0.05, 0) is 54.1 Å². The summed E-state index contributed by atoms with van der Waals surface area (Å²) in [6.07, 6.45) is 3.85. The molecule has 206 valence electrons. The van der Waals surface area contributed by atoms with Gasteiger partial charge in [-0.2, -0.15) is 5.10 Å². The van der Waals surface area contributed by atoms with Gasteiger partial charge in [0.15, 0.2) is 5.84 Å². The fourth-order valence-corrected chi connectivity index (χ4v) is 4.59. The molecule has 0 radical (unpaired) electrons. The summed E-state index contributed by atoms with van der Waals surface area (Å²) in [4.78, 5) is 57.1. The highest BCUT2D eigenvalue weighted by Gasteiger charge is 2.48. The highest BCUT2D eigenvalue weighted by Crippen LogP contribution is 2.28. The molecule has 0 spiro atoms. The van der Waals surface area contributed by atoms with Crippen molar-refractivity contribution in [1.82, 2.24) is 25.9 Å². The molecule has 12 nitrogen and oxygen atoms in total. The summed E-state index contributed by atoms with van der Waals surface area (Å²) in [5, 5.41) is 9.05. The molecule has 0 saturated carbocycles. The fraction of sp³-hybridized carbons (Fsp3) is 0.172. The van der Waals surface area contributed by atoms with Gasteiger partial charge in [0.2, 0.25) is 11.9 Å². The molecule has 0 bridgehead atoms. The smallest absolute Gasteiger partial charge is 0.323 e. The molecule has 2 aliphatic rings. The van der Waals surface area contributed by atoms with Crippen LogP contribution in [-0.4, -0.2) is 66.2 Å². The van der Waals surface area contributed by atoms with Crippen LogP contribution in [0.15, 0.2) is 72.1 Å². The number of aromatic nitrogens is 1. The van der Waals surface area contributed by atoms with Crippen molar-refractivity contribution in [1.29, 1.82) is 0 Å². The zero-order valence-electron chi connectivity index (χ0n) is 22.2. The summed E-state index contributed by atoms with van der Waals surface area (Å²) in [6, 6.07) is 14.7. The van der Waals surface area contributed by atoms with E-state index in [-0.39, 0.29) is 19.0 Å². The number of carbonyl (C=O) groups excluding carboxylic acids is 4. The molecule has 0 aliphatic carbocycles. The third kappa shape index (κ3) is 5.28. The number of fused-ring (bicyclic) bond motifs is 1. The average Bonchev–Trinajstić information content (AvgIpc) is 3.45. The molecule has 12 heteroatoms. The van der Waals surface area contributed by atoms with Crippen LogP contribution in [0.3, 0.4) is 0 Å². The predicted octanol–water partition coefficient (Wildman–Crippen LogP) is 1.22. The number of methoxy groups -OCH3 is 1. The molecule has 0 unspecified atom stereocenters. The number of ether oxygens (including phenoxy) is 1. The number of nitrogens with one attached hydrogen (secondary N) is 3. The van der Waals surface area contributed by atoms with Crippen molar-refractivity contribution in [3.63, 3.8) is 0 Å². The van der Waals surface area contributed by atoms with Crippen molar-refractivity contribution in [3.8, 4) is 17.6 Å². The Balaban J connectivity index is 1.40. The van der Waals surface area contributed by atoms with Crippen molar-refractivity contribution in [2.24, 2.45) is 5.10 Å². The molecule has 1 fully saturated rings. The lowest BCUT2D eigenvalue weighted by Crippen LogP contribution is -2.54. The average molecular weight is 552 g/mol. The van der Waals surface area contributed by atoms with E-state index < -0.39 is 17.5 Å². The first kappa shape index (κ1) is 26.9. The first-order chi connectivity index (χ1) is 19.9. The highest BCUT2D eigenvalue weighted by atomic mass is 16.5. The van der Waals surface area contributed by atoms with Gasteiger partial charge in [-0.15, -0.1) is 0 Å². The van der Waals surface area contributed by atoms with Gasteiger partial charge in [0.1, 0.15) is 5.75 Å². The Morgan fingerprint density at radius 1 is 1.22 bits per heavy atom. The second-order valence-electron chi connectivity index (χ2n) is 9.17. The Morgan fingerprint density at radius 2 is 2.02 bits per heavy atom. The van der Waals surface area contributed by atoms with E-state index in [1.54, 1.807) is 74.0 Å². The van der Waals surface area contributed by atoms with Crippen LogP contribution >= 0.6 is 0 Å². The van der Waals surface area contributed by atoms with Crippen LogP contribution in [0.2, 0.25) is 0 Å². The van der Waals surface area contributed by atoms with Gasteiger partial charge in [-0.1, -0.05) is 17.9 Å². The number of urea groups is 1. The number of benzene rings is 2. The van der Waals surface area contributed by atoms with E-state index in [1.165, 1.54) is 16.9 Å². The number of anilines is 1. The Morgan fingerprint density at radius 3 is 2.66 bits per heavy atom. The summed E-state index contributed by atoms with van der Waals surface area (Å²) in [5.74, 6) is 5.76. The molecule has 5 rings (SSSR count). The fourth-order valence-electron chi connectivity index (χ4n) is 4.59. The number of pyridine rings is 1. The first-order valence-electron chi connectivity index (χ1n) is 12.5. The van der Waals surface area contributed by atoms with Gasteiger partial charge >= 0.3 is 6.03 Å². The molecular weight excluding hydrogens is 526 g/mol. The van der Waals surface area contributed by atoms with Gasteiger partial charge in [-0.3, -0.25) is 29.6 Å². The minimum Gasteiger partial charge on any atom is -0.497 e. The normalized spacial score (nSPS) is 17.7. The molecule has 2 aromatic carbocycles. The SMILES string of the molecule is CN/N=C(/c1cccnc1)N(C=O)c1ccc(C#C[C@]2(CN3Cc4ccc(OC)cc4C3=O)NC(=O)NC2=O)cc1. The molecule has 1 atom stereocenters. The Bertz CT molecular complexity index is 1610. The van der Waals surface area contributed by atoms with Crippen LogP contribution in [0.1, 0.15) is 27.0 Å². The lowest BCUT2D eigenvalue weighted by Gasteiger charge is -2.26. The van der Waals surface area contributed by atoms with E-state index in [0.29, 0.717) is 40.4 Å². The van der Waals surface area contributed by atoms with Gasteiger partial charge < -0.3 is 20.4 Å². The van der Waals surface area contributed by atoms with Crippen LogP contribution in [0.25, 0.3) is 0 Å². The number of hydrazone groups is 1. The maximum atomic E-state index is 13.1. The molecular formula is C29H25N7O5. The van der Waals surface area contributed by atoms with Gasteiger partial charge in [-0.25, -0.2) is 4.79 Å². The van der Waals surface area contributed by atoms with Crippen molar-refractivity contribution >= 4 is 35.8 Å². The predicted molar refractivity (Wildman–Crippen MR) is 149 cm³/mol. The van der Waals surface area contributed by atoms with Crippen molar-refractivity contribution < 1.29 is 23.9 Å². The molecule has 5 amide bonds. The number of carbonyl (C=O) groups is 4. The highest BCUT2D eigenvalue weighted by molar-refractivity contribution is 6.18. The largest absolute Gasteiger partial charge is 0.497 e. The van der Waals surface area contributed by atoms with E-state index in [9.17, 15) is 19.2 Å². The summed E-state index contributed by atoms with van der Waals surface area (Å²) >= 11 is 0. The number of amides is 5. The molecule has 2 aliphatic heterocycles. The van der Waals surface area contributed by atoms with Crippen LogP contribution in [0.5, 0.6) is 5.75 Å². The Hall–Kier alpha value is -5.70. The van der Waals surface area contributed by atoms with Crippen molar-refractivity contribution in [2.45, 2.75) is 12.1 Å². The van der Waals surface area contributed by atoms with Crippen molar-refractivity contribution in [2.75, 3.05) is 25.6 Å². The van der Waals surface area contributed by atoms with Gasteiger partial charge in [0, 0.05) is 42.7 Å². The lowest BCUT2D eigenvalue weighted by atomic mass is 9.99. The minimum absolute atomic E-state index is 0.153. The van der Waals surface area contributed by atoms with Crippen LogP contribution < -0.4 is 25.7 Å². The second-order valence-corrected chi connectivity index (χ2v) is 9.17. The maximum absolute atomic E-state index is 13.1. The van der Waals surface area contributed by atoms with Crippen LogP contribution in [0, 0.1) is 11.8 Å². The lowest BCUT2D eigenvalue weighted by molar-refractivity contribution is -0.122. The zero-order chi connectivity index (χ0) is 29.0. The molecule has 1 saturated heterocycles. The number of hydrogen-bond acceptors (Lipinski definition) is 8. The van der Waals surface area contributed by atoms with E-state index in [0.717, 1.165) is 5.56 Å². The first-order valence-corrected chi connectivity index (χ1v) is 12.5. The number of imide groups is 1. The quantitative estimate of drug-likeness (QED) is 0.1000. The molecule has 3 N–H and O–H groups in total. The standard InChI is InChI=1S/C29H25N7O5/c1-30-34-25(20-4-3-13-31-15-20)36(18-37)22-8-5-19(6-9-22)11-12-29(27(39)32-28(40)33-29)17-35-16-21-7-10-23(41-2)14-24(21)26(35)38/h3-10,13-15,18,30H,16-17H2,1-2H3,(H2,32,33,39,40)/b34-25-/t29-/m1/s1. The van der Waals surface area contributed by atoms with Gasteiger partial charge in [0.25, 0.3) is 11.8 Å². The second kappa shape index (κ2) is 11.2.